The number of carboxylic acid groups (broad SMARTS) is 1. The lowest BCUT2D eigenvalue weighted by Crippen LogP contribution is -2.38. The minimum absolute atomic E-state index is 0.0800. The maximum Gasteiger partial charge on any atom is 0.347 e. The topological polar surface area (TPSA) is 70.1 Å². The molecule has 0 bridgehead atoms. The van der Waals surface area contributed by atoms with E-state index >= 15 is 0 Å². The Kier molecular flexibility index (Phi) is 8.17. The molecule has 0 saturated carbocycles. The van der Waals surface area contributed by atoms with Gasteiger partial charge in [-0.3, -0.25) is 0 Å². The number of nitrogens with zero attached hydrogens (tertiary/aromatic N) is 2. The van der Waals surface area contributed by atoms with Gasteiger partial charge in [-0.2, -0.15) is 0 Å². The van der Waals surface area contributed by atoms with E-state index in [0.29, 0.717) is 12.3 Å². The van der Waals surface area contributed by atoms with E-state index in [1.807, 2.05) is 35.0 Å². The first kappa shape index (κ1) is 27.3. The largest absolute Gasteiger partial charge is 0.478 e. The number of hydrogen-bond donors (Lipinski definition) is 1. The Labute approximate surface area is 215 Å². The van der Waals surface area contributed by atoms with Gasteiger partial charge in [-0.1, -0.05) is 63.8 Å². The van der Waals surface area contributed by atoms with Gasteiger partial charge < -0.3 is 19.6 Å². The average molecular weight is 493 g/mol. The van der Waals surface area contributed by atoms with Crippen LogP contribution in [-0.4, -0.2) is 52.1 Å². The number of carbonyl (C=O) groups is 2. The average Bonchev–Trinajstić information content (AvgIpc) is 3.07. The summed E-state index contributed by atoms with van der Waals surface area (Å²) >= 11 is 0. The lowest BCUT2D eigenvalue weighted by Gasteiger charge is -2.23. The van der Waals surface area contributed by atoms with Gasteiger partial charge in [0.25, 0.3) is 0 Å². The van der Waals surface area contributed by atoms with Gasteiger partial charge in [0.05, 0.1) is 6.04 Å². The van der Waals surface area contributed by atoms with Crippen LogP contribution in [0.5, 0.6) is 5.75 Å². The highest BCUT2D eigenvalue weighted by Gasteiger charge is 2.34. The molecule has 1 saturated heterocycles. The van der Waals surface area contributed by atoms with Crippen molar-refractivity contribution in [1.29, 1.82) is 0 Å². The lowest BCUT2D eigenvalue weighted by molar-refractivity contribution is -0.152. The number of amides is 2. The minimum atomic E-state index is -1.32. The Bertz CT molecular complexity index is 1100. The lowest BCUT2D eigenvalue weighted by atomic mass is 9.87. The van der Waals surface area contributed by atoms with E-state index in [2.05, 4.69) is 51.6 Å². The van der Waals surface area contributed by atoms with Crippen molar-refractivity contribution < 1.29 is 19.4 Å². The van der Waals surface area contributed by atoms with E-state index in [4.69, 9.17) is 4.74 Å². The monoisotopic (exact) mass is 492 g/mol. The molecular weight excluding hydrogens is 452 g/mol. The molecule has 1 aliphatic heterocycles. The second-order valence-electron chi connectivity index (χ2n) is 11.3. The molecule has 1 aliphatic rings. The van der Waals surface area contributed by atoms with Crippen molar-refractivity contribution in [3.63, 3.8) is 0 Å². The highest BCUT2D eigenvalue weighted by atomic mass is 16.5. The van der Waals surface area contributed by atoms with Crippen LogP contribution in [0.3, 0.4) is 0 Å². The van der Waals surface area contributed by atoms with Crippen LogP contribution >= 0.6 is 0 Å². The Hall–Kier alpha value is -3.28. The first-order valence-corrected chi connectivity index (χ1v) is 12.6. The Morgan fingerprint density at radius 3 is 2.33 bits per heavy atom. The summed E-state index contributed by atoms with van der Waals surface area (Å²) in [6, 6.07) is 14.6. The molecule has 6 nitrogen and oxygen atoms in total. The van der Waals surface area contributed by atoms with Crippen molar-refractivity contribution in [2.45, 2.75) is 77.5 Å². The Morgan fingerprint density at radius 2 is 1.75 bits per heavy atom. The van der Waals surface area contributed by atoms with Crippen LogP contribution in [0.15, 0.2) is 49.0 Å². The molecule has 0 aliphatic carbocycles. The predicted molar refractivity (Wildman–Crippen MR) is 144 cm³/mol. The van der Waals surface area contributed by atoms with Crippen LogP contribution in [0.25, 0.3) is 6.08 Å². The summed E-state index contributed by atoms with van der Waals surface area (Å²) in [6.07, 6.45) is 4.39. The number of carbonyl (C=O) groups excluding carboxylic acids is 1. The van der Waals surface area contributed by atoms with Gasteiger partial charge in [-0.15, -0.1) is 0 Å². The van der Waals surface area contributed by atoms with Crippen LogP contribution in [0.1, 0.15) is 69.7 Å². The molecule has 1 atom stereocenters. The summed E-state index contributed by atoms with van der Waals surface area (Å²) in [5, 5.41) is 9.34. The zero-order valence-electron chi connectivity index (χ0n) is 22.5. The van der Waals surface area contributed by atoms with Gasteiger partial charge in [0, 0.05) is 25.7 Å². The fourth-order valence-corrected chi connectivity index (χ4v) is 4.45. The van der Waals surface area contributed by atoms with Gasteiger partial charge in [0.2, 0.25) is 0 Å². The predicted octanol–water partition coefficient (Wildman–Crippen LogP) is 6.13. The summed E-state index contributed by atoms with van der Waals surface area (Å²) in [6.45, 7) is 14.9. The summed E-state index contributed by atoms with van der Waals surface area (Å²) in [5.74, 6) is -0.513. The zero-order valence-corrected chi connectivity index (χ0v) is 22.5. The molecule has 2 amide bonds. The first-order valence-electron chi connectivity index (χ1n) is 12.6. The molecule has 1 fully saturated rings. The van der Waals surface area contributed by atoms with Crippen LogP contribution < -0.4 is 4.74 Å². The number of likely N-dealkylation sites (N-methyl/N-ethyl adjacent to an activating group) is 1. The molecule has 36 heavy (non-hydrogen) atoms. The van der Waals surface area contributed by atoms with Crippen molar-refractivity contribution in [2.24, 2.45) is 0 Å². The number of urea groups is 1. The Morgan fingerprint density at radius 1 is 1.11 bits per heavy atom. The number of benzene rings is 2. The van der Waals surface area contributed by atoms with Gasteiger partial charge in [0.15, 0.2) is 5.60 Å². The molecule has 194 valence electrons. The maximum absolute atomic E-state index is 12.8. The number of hydrogen-bond acceptors (Lipinski definition) is 3. The minimum Gasteiger partial charge on any atom is -0.478 e. The molecule has 3 rings (SSSR count). The highest BCUT2D eigenvalue weighted by Crippen LogP contribution is 2.28. The molecule has 1 N–H and O–H groups in total. The summed E-state index contributed by atoms with van der Waals surface area (Å²) in [7, 11) is 1.89. The number of ether oxygens (including phenoxy) is 1. The van der Waals surface area contributed by atoms with Crippen molar-refractivity contribution in [2.75, 3.05) is 13.6 Å². The summed E-state index contributed by atoms with van der Waals surface area (Å²) < 4.78 is 5.72. The van der Waals surface area contributed by atoms with Gasteiger partial charge >= 0.3 is 12.0 Å². The van der Waals surface area contributed by atoms with E-state index in [9.17, 15) is 14.7 Å². The van der Waals surface area contributed by atoms with Crippen molar-refractivity contribution in [1.82, 2.24) is 9.80 Å². The van der Waals surface area contributed by atoms with E-state index in [1.54, 1.807) is 6.08 Å². The molecule has 1 heterocycles. The molecular formula is C30H40N2O4. The van der Waals surface area contributed by atoms with Crippen LogP contribution in [-0.2, 0) is 23.2 Å². The van der Waals surface area contributed by atoms with Gasteiger partial charge in [0.1, 0.15) is 5.75 Å². The first-order chi connectivity index (χ1) is 16.8. The van der Waals surface area contributed by atoms with Crippen molar-refractivity contribution in [3.8, 4) is 5.75 Å². The third-order valence-electron chi connectivity index (χ3n) is 6.92. The SMILES string of the molecule is C=Cc1cc(CCC[C@H]2CN(Cc3ccc(C(C)(C)C)cc3)C(=O)N2C)ccc1OC(C)(C)C(=O)O. The molecule has 2 aromatic rings. The van der Waals surface area contributed by atoms with E-state index in [0.717, 1.165) is 42.5 Å². The third kappa shape index (κ3) is 6.48. The second kappa shape index (κ2) is 10.8. The number of aliphatic carboxylic acids is 1. The molecule has 6 heteroatoms. The molecule has 0 radical (unpaired) electrons. The second-order valence-corrected chi connectivity index (χ2v) is 11.3. The van der Waals surface area contributed by atoms with E-state index < -0.39 is 11.6 Å². The standard InChI is InChI=1S/C30H40N2O4/c1-8-23-18-21(14-17-26(23)36-30(5,6)27(33)34)10-9-11-25-20-32(28(35)31(25)7)19-22-12-15-24(16-13-22)29(2,3)4/h8,12-18,25H,1,9-11,19-20H2,2-7H3,(H,33,34)/t25-/m0/s1. The number of carboxylic acids is 1. The Balaban J connectivity index is 1.56. The third-order valence-corrected chi connectivity index (χ3v) is 6.92. The van der Waals surface area contributed by atoms with E-state index in [1.165, 1.54) is 19.4 Å². The maximum atomic E-state index is 12.8. The highest BCUT2D eigenvalue weighted by molar-refractivity contribution is 5.77. The quantitative estimate of drug-likeness (QED) is 0.433. The van der Waals surface area contributed by atoms with E-state index in [-0.39, 0.29) is 17.5 Å². The molecule has 0 aromatic heterocycles. The van der Waals surface area contributed by atoms with Gasteiger partial charge in [-0.25, -0.2) is 9.59 Å². The van der Waals surface area contributed by atoms with Crippen LogP contribution in [0.4, 0.5) is 4.79 Å². The number of rotatable bonds is 10. The van der Waals surface area contributed by atoms with Crippen LogP contribution in [0, 0.1) is 0 Å². The number of aryl methyl sites for hydroxylation is 1. The fourth-order valence-electron chi connectivity index (χ4n) is 4.45. The molecule has 0 spiro atoms. The summed E-state index contributed by atoms with van der Waals surface area (Å²) in [4.78, 5) is 28.0. The van der Waals surface area contributed by atoms with Crippen molar-refractivity contribution >= 4 is 18.1 Å². The van der Waals surface area contributed by atoms with Crippen molar-refractivity contribution in [3.05, 3.63) is 71.3 Å². The van der Waals surface area contributed by atoms with Crippen LogP contribution in [0.2, 0.25) is 0 Å². The molecule has 0 unspecified atom stereocenters. The summed E-state index contributed by atoms with van der Waals surface area (Å²) in [5.41, 5.74) is 3.14. The zero-order chi connectivity index (χ0) is 26.7. The normalized spacial score (nSPS) is 16.4. The fraction of sp³-hybridized carbons (Fsp3) is 0.467. The molecule has 2 aromatic carbocycles. The smallest absolute Gasteiger partial charge is 0.347 e. The van der Waals surface area contributed by atoms with Gasteiger partial charge in [-0.05, 0) is 67.3 Å².